The summed E-state index contributed by atoms with van der Waals surface area (Å²) in [6.45, 7) is 0.102. The number of hydrogen-bond donors (Lipinski definition) is 3. The van der Waals surface area contributed by atoms with Crippen LogP contribution in [0.2, 0.25) is 0 Å². The number of aliphatic hydroxyl groups is 1. The van der Waals surface area contributed by atoms with Crippen LogP contribution in [0.3, 0.4) is 0 Å². The van der Waals surface area contributed by atoms with Gasteiger partial charge in [0, 0.05) is 42.5 Å². The third-order valence-electron chi connectivity index (χ3n) is 8.92. The molecule has 0 unspecified atom stereocenters. The van der Waals surface area contributed by atoms with Crippen LogP contribution < -0.4 is 10.6 Å². The van der Waals surface area contributed by atoms with Crippen LogP contribution >= 0.6 is 0 Å². The van der Waals surface area contributed by atoms with Crippen molar-refractivity contribution in [3.63, 3.8) is 0 Å². The van der Waals surface area contributed by atoms with Gasteiger partial charge in [-0.15, -0.1) is 0 Å². The first kappa shape index (κ1) is 25.4. The van der Waals surface area contributed by atoms with Gasteiger partial charge in [-0.1, -0.05) is 48.5 Å². The van der Waals surface area contributed by atoms with Gasteiger partial charge in [-0.05, 0) is 36.3 Å². The Kier molecular flexibility index (Phi) is 5.95. The minimum absolute atomic E-state index is 0.0351. The Labute approximate surface area is 224 Å². The standard InChI is InChI=1S/C29H28F2N4O4/c30-28(31)11-9-20-23(28)15-35(24(20)26(37)34-17(14-32)13-16-10-12-33-25(16)36)27(38)29(39)21-7-3-1-5-18(21)19-6-2-4-8-22(19)29/h1-8,16-17,20,23-24,39H,9-13,15H2,(H,33,36)(H,34,37)/t16-,17+,20-,23-,24-/m1/s1. The van der Waals surface area contributed by atoms with E-state index in [1.807, 2.05) is 6.07 Å². The minimum atomic E-state index is -3.07. The van der Waals surface area contributed by atoms with Crippen molar-refractivity contribution in [3.05, 3.63) is 59.7 Å². The van der Waals surface area contributed by atoms with Gasteiger partial charge < -0.3 is 20.6 Å². The number of hydrogen-bond acceptors (Lipinski definition) is 5. The van der Waals surface area contributed by atoms with Crippen LogP contribution in [0.1, 0.15) is 36.8 Å². The summed E-state index contributed by atoms with van der Waals surface area (Å²) in [6, 6.07) is 13.5. The van der Waals surface area contributed by atoms with E-state index >= 15 is 0 Å². The normalized spacial score (nSPS) is 28.2. The van der Waals surface area contributed by atoms with Crippen LogP contribution in [0.25, 0.3) is 11.1 Å². The molecule has 10 heteroatoms. The molecule has 1 saturated carbocycles. The van der Waals surface area contributed by atoms with Crippen LogP contribution in [-0.2, 0) is 20.0 Å². The molecular weight excluding hydrogens is 506 g/mol. The summed E-state index contributed by atoms with van der Waals surface area (Å²) in [5.74, 6) is -7.33. The first-order valence-corrected chi connectivity index (χ1v) is 13.2. The number of carbonyl (C=O) groups is 3. The van der Waals surface area contributed by atoms with Gasteiger partial charge in [0.05, 0.1) is 6.07 Å². The fourth-order valence-corrected chi connectivity index (χ4v) is 7.01. The smallest absolute Gasteiger partial charge is 0.264 e. The van der Waals surface area contributed by atoms with E-state index in [0.717, 1.165) is 4.90 Å². The summed E-state index contributed by atoms with van der Waals surface area (Å²) >= 11 is 0. The van der Waals surface area contributed by atoms with E-state index in [9.17, 15) is 33.5 Å². The molecule has 2 aliphatic carbocycles. The summed E-state index contributed by atoms with van der Waals surface area (Å²) < 4.78 is 29.9. The largest absolute Gasteiger partial charge is 0.372 e. The Hall–Kier alpha value is -3.84. The molecule has 3 amide bonds. The Bertz CT molecular complexity index is 1360. The van der Waals surface area contributed by atoms with Gasteiger partial charge in [0.25, 0.3) is 11.8 Å². The van der Waals surface area contributed by atoms with Crippen LogP contribution in [0.15, 0.2) is 48.5 Å². The van der Waals surface area contributed by atoms with Crippen molar-refractivity contribution in [1.82, 2.24) is 15.5 Å². The number of nitriles is 1. The molecule has 2 aliphatic heterocycles. The number of nitrogens with one attached hydrogen (secondary N) is 2. The molecule has 8 nitrogen and oxygen atoms in total. The predicted molar refractivity (Wildman–Crippen MR) is 135 cm³/mol. The topological polar surface area (TPSA) is 123 Å². The van der Waals surface area contributed by atoms with Crippen molar-refractivity contribution in [1.29, 1.82) is 5.26 Å². The highest BCUT2D eigenvalue weighted by molar-refractivity contribution is 6.01. The van der Waals surface area contributed by atoms with E-state index in [1.165, 1.54) is 0 Å². The first-order valence-electron chi connectivity index (χ1n) is 13.2. The zero-order chi connectivity index (χ0) is 27.5. The second-order valence-corrected chi connectivity index (χ2v) is 11.0. The Balaban J connectivity index is 1.35. The lowest BCUT2D eigenvalue weighted by Gasteiger charge is -2.34. The maximum absolute atomic E-state index is 14.9. The summed E-state index contributed by atoms with van der Waals surface area (Å²) in [7, 11) is 0. The number of fused-ring (bicyclic) bond motifs is 4. The van der Waals surface area contributed by atoms with Gasteiger partial charge in [0.15, 0.2) is 5.60 Å². The number of alkyl halides is 2. The average molecular weight is 535 g/mol. The van der Waals surface area contributed by atoms with E-state index < -0.39 is 59.6 Å². The fraction of sp³-hybridized carbons (Fsp3) is 0.448. The zero-order valence-corrected chi connectivity index (χ0v) is 21.1. The molecule has 0 aromatic heterocycles. The zero-order valence-electron chi connectivity index (χ0n) is 21.1. The Morgan fingerprint density at radius 1 is 1.13 bits per heavy atom. The quantitative estimate of drug-likeness (QED) is 0.544. The lowest BCUT2D eigenvalue weighted by molar-refractivity contribution is -0.153. The summed E-state index contributed by atoms with van der Waals surface area (Å²) in [6.07, 6.45) is 0.259. The van der Waals surface area contributed by atoms with Crippen molar-refractivity contribution in [2.24, 2.45) is 17.8 Å². The molecule has 5 atom stereocenters. The summed E-state index contributed by atoms with van der Waals surface area (Å²) in [4.78, 5) is 41.0. The molecule has 2 heterocycles. The minimum Gasteiger partial charge on any atom is -0.372 e. The molecule has 6 rings (SSSR count). The van der Waals surface area contributed by atoms with Gasteiger partial charge in [-0.3, -0.25) is 14.4 Å². The first-order chi connectivity index (χ1) is 18.7. The second-order valence-electron chi connectivity index (χ2n) is 11.0. The molecule has 0 bridgehead atoms. The van der Waals surface area contributed by atoms with Crippen LogP contribution in [0.5, 0.6) is 0 Å². The van der Waals surface area contributed by atoms with Gasteiger partial charge in [0.1, 0.15) is 12.1 Å². The number of benzene rings is 2. The third kappa shape index (κ3) is 3.82. The number of carbonyl (C=O) groups excluding carboxylic acids is 3. The molecule has 2 aromatic carbocycles. The molecule has 3 fully saturated rings. The monoisotopic (exact) mass is 534 g/mol. The fourth-order valence-electron chi connectivity index (χ4n) is 7.01. The van der Waals surface area contributed by atoms with E-state index in [0.29, 0.717) is 35.2 Å². The van der Waals surface area contributed by atoms with Crippen LogP contribution in [-0.4, -0.2) is 58.8 Å². The molecule has 4 aliphatic rings. The third-order valence-corrected chi connectivity index (χ3v) is 8.92. The van der Waals surface area contributed by atoms with Gasteiger partial charge in [0.2, 0.25) is 11.8 Å². The molecule has 2 saturated heterocycles. The van der Waals surface area contributed by atoms with Crippen molar-refractivity contribution in [2.75, 3.05) is 13.1 Å². The van der Waals surface area contributed by atoms with E-state index in [4.69, 9.17) is 0 Å². The van der Waals surface area contributed by atoms with Crippen LogP contribution in [0, 0.1) is 29.1 Å². The molecule has 2 aromatic rings. The van der Waals surface area contributed by atoms with Gasteiger partial charge in [-0.25, -0.2) is 8.78 Å². The highest BCUT2D eigenvalue weighted by Gasteiger charge is 2.63. The highest BCUT2D eigenvalue weighted by atomic mass is 19.3. The maximum Gasteiger partial charge on any atom is 0.264 e. The SMILES string of the molecule is N#C[C@H](C[C@H]1CCNC1=O)NC(=O)[C@H]1[C@@H]2CCC(F)(F)[C@@H]2CN1C(=O)C1(O)c2ccccc2-c2ccccc21. The molecule has 202 valence electrons. The lowest BCUT2D eigenvalue weighted by Crippen LogP contribution is -2.55. The van der Waals surface area contributed by atoms with Gasteiger partial charge in [-0.2, -0.15) is 5.26 Å². The number of likely N-dealkylation sites (tertiary alicyclic amines) is 1. The lowest BCUT2D eigenvalue weighted by atomic mass is 9.88. The number of amides is 3. The number of rotatable bonds is 5. The Morgan fingerprint density at radius 2 is 1.77 bits per heavy atom. The molecule has 0 radical (unpaired) electrons. The van der Waals surface area contributed by atoms with Crippen molar-refractivity contribution < 1.29 is 28.3 Å². The summed E-state index contributed by atoms with van der Waals surface area (Å²) in [5.41, 5.74) is -0.165. The van der Waals surface area contributed by atoms with Crippen molar-refractivity contribution in [3.8, 4) is 17.2 Å². The molecular formula is C29H28F2N4O4. The maximum atomic E-state index is 14.9. The molecule has 39 heavy (non-hydrogen) atoms. The predicted octanol–water partition coefficient (Wildman–Crippen LogP) is 2.31. The second kappa shape index (κ2) is 9.12. The van der Waals surface area contributed by atoms with Crippen molar-refractivity contribution >= 4 is 17.7 Å². The van der Waals surface area contributed by atoms with E-state index in [2.05, 4.69) is 10.6 Å². The number of nitrogens with zero attached hydrogens (tertiary/aromatic N) is 2. The average Bonchev–Trinajstić information content (AvgIpc) is 3.66. The van der Waals surface area contributed by atoms with Gasteiger partial charge >= 0.3 is 0 Å². The highest BCUT2D eigenvalue weighted by Crippen LogP contribution is 2.54. The molecule has 0 spiro atoms. The summed E-state index contributed by atoms with van der Waals surface area (Å²) in [5, 5.41) is 27.1. The van der Waals surface area contributed by atoms with Crippen LogP contribution in [0.4, 0.5) is 8.78 Å². The van der Waals surface area contributed by atoms with E-state index in [1.54, 1.807) is 48.5 Å². The van der Waals surface area contributed by atoms with Crippen molar-refractivity contribution in [2.45, 2.75) is 49.3 Å². The Morgan fingerprint density at radius 3 is 2.36 bits per heavy atom. The number of halogens is 2. The van der Waals surface area contributed by atoms with E-state index in [-0.39, 0.29) is 25.3 Å². The molecule has 3 N–H and O–H groups in total.